The summed E-state index contributed by atoms with van der Waals surface area (Å²) in [5.74, 6) is -0.738. The van der Waals surface area contributed by atoms with Crippen molar-refractivity contribution >= 4 is 22.7 Å². The third kappa shape index (κ3) is 2.40. The monoisotopic (exact) mass is 285 g/mol. The van der Waals surface area contributed by atoms with Gasteiger partial charge in [-0.15, -0.1) is 0 Å². The van der Waals surface area contributed by atoms with E-state index < -0.39 is 11.9 Å². The summed E-state index contributed by atoms with van der Waals surface area (Å²) in [6, 6.07) is 4.87. The van der Waals surface area contributed by atoms with Gasteiger partial charge in [-0.05, 0) is 25.5 Å². The van der Waals surface area contributed by atoms with Crippen LogP contribution in [0.25, 0.3) is 10.9 Å². The van der Waals surface area contributed by atoms with Crippen LogP contribution in [-0.4, -0.2) is 29.4 Å². The second-order valence-electron chi connectivity index (χ2n) is 5.19. The molecule has 2 amide bonds. The van der Waals surface area contributed by atoms with E-state index >= 15 is 0 Å². The van der Waals surface area contributed by atoms with Crippen molar-refractivity contribution in [2.24, 2.45) is 0 Å². The van der Waals surface area contributed by atoms with Crippen molar-refractivity contribution in [1.82, 2.24) is 15.6 Å². The lowest BCUT2D eigenvalue weighted by atomic mass is 10.1. The molecule has 2 heterocycles. The van der Waals surface area contributed by atoms with Crippen molar-refractivity contribution in [3.8, 4) is 0 Å². The normalized spacial score (nSPS) is 17.8. The number of H-pyrrole nitrogens is 1. The molecule has 1 aliphatic rings. The van der Waals surface area contributed by atoms with Crippen LogP contribution in [0.5, 0.6) is 0 Å². The van der Waals surface area contributed by atoms with Crippen molar-refractivity contribution in [2.45, 2.75) is 19.4 Å². The van der Waals surface area contributed by atoms with Crippen LogP contribution in [0.3, 0.4) is 0 Å². The summed E-state index contributed by atoms with van der Waals surface area (Å²) in [5, 5.41) is 5.70. The van der Waals surface area contributed by atoms with Gasteiger partial charge in [0.25, 0.3) is 5.91 Å². The molecule has 6 heteroatoms. The number of amides is 2. The summed E-state index contributed by atoms with van der Waals surface area (Å²) in [6.45, 7) is 2.42. The average molecular weight is 285 g/mol. The average Bonchev–Trinajstić information content (AvgIpc) is 2.85. The molecule has 1 aliphatic heterocycles. The molecule has 0 aliphatic carbocycles. The molecule has 3 N–H and O–H groups in total. The Kier molecular flexibility index (Phi) is 3.21. The minimum atomic E-state index is -0.565. The van der Waals surface area contributed by atoms with Crippen LogP contribution < -0.4 is 16.1 Å². The maximum absolute atomic E-state index is 12.4. The van der Waals surface area contributed by atoms with E-state index in [1.54, 1.807) is 12.1 Å². The van der Waals surface area contributed by atoms with Gasteiger partial charge >= 0.3 is 0 Å². The number of aryl methyl sites for hydroxylation is 1. The number of hydrogen-bond acceptors (Lipinski definition) is 3. The van der Waals surface area contributed by atoms with Crippen molar-refractivity contribution in [2.75, 3.05) is 6.54 Å². The lowest BCUT2D eigenvalue weighted by Crippen LogP contribution is -2.41. The van der Waals surface area contributed by atoms with E-state index in [1.807, 2.05) is 13.0 Å². The van der Waals surface area contributed by atoms with Crippen LogP contribution in [0.4, 0.5) is 0 Å². The van der Waals surface area contributed by atoms with Crippen LogP contribution in [0.2, 0.25) is 0 Å². The molecule has 3 rings (SSSR count). The Morgan fingerprint density at radius 3 is 2.86 bits per heavy atom. The van der Waals surface area contributed by atoms with Crippen LogP contribution in [-0.2, 0) is 4.79 Å². The highest BCUT2D eigenvalue weighted by Crippen LogP contribution is 2.11. The topological polar surface area (TPSA) is 91.1 Å². The van der Waals surface area contributed by atoms with E-state index in [2.05, 4.69) is 15.6 Å². The van der Waals surface area contributed by atoms with Gasteiger partial charge in [0, 0.05) is 23.6 Å². The fourth-order valence-corrected chi connectivity index (χ4v) is 2.47. The first-order valence-corrected chi connectivity index (χ1v) is 6.77. The zero-order valence-corrected chi connectivity index (χ0v) is 11.5. The summed E-state index contributed by atoms with van der Waals surface area (Å²) < 4.78 is 0. The first-order chi connectivity index (χ1) is 10.1. The zero-order valence-electron chi connectivity index (χ0n) is 11.5. The Morgan fingerprint density at radius 2 is 2.14 bits per heavy atom. The van der Waals surface area contributed by atoms with Gasteiger partial charge in [0.15, 0.2) is 0 Å². The largest absolute Gasteiger partial charge is 0.360 e. The van der Waals surface area contributed by atoms with Crippen molar-refractivity contribution < 1.29 is 9.59 Å². The predicted molar refractivity (Wildman–Crippen MR) is 78.2 cm³/mol. The summed E-state index contributed by atoms with van der Waals surface area (Å²) in [6.07, 6.45) is 1.93. The van der Waals surface area contributed by atoms with Crippen LogP contribution in [0.1, 0.15) is 22.3 Å². The van der Waals surface area contributed by atoms with Crippen LogP contribution >= 0.6 is 0 Å². The van der Waals surface area contributed by atoms with E-state index in [1.165, 1.54) is 6.20 Å². The third-order valence-electron chi connectivity index (χ3n) is 3.64. The maximum atomic E-state index is 12.4. The molecule has 0 saturated carbocycles. The third-order valence-corrected chi connectivity index (χ3v) is 3.64. The standard InChI is InChI=1S/C15H15N3O3/c1-8-2-3-11-9(6-8)13(19)10(7-17-11)14(20)18-12-4-5-16-15(12)21/h2-3,6-7,12H,4-5H2,1H3,(H,16,21)(H,17,19)(H,18,20). The summed E-state index contributed by atoms with van der Waals surface area (Å²) >= 11 is 0. The van der Waals surface area contributed by atoms with Crippen molar-refractivity contribution in [1.29, 1.82) is 0 Å². The minimum Gasteiger partial charge on any atom is -0.360 e. The van der Waals surface area contributed by atoms with E-state index in [-0.39, 0.29) is 16.9 Å². The van der Waals surface area contributed by atoms with Crippen molar-refractivity contribution in [3.63, 3.8) is 0 Å². The van der Waals surface area contributed by atoms with Crippen LogP contribution in [0.15, 0.2) is 29.2 Å². The molecule has 1 saturated heterocycles. The predicted octanol–water partition coefficient (Wildman–Crippen LogP) is 0.455. The number of fused-ring (bicyclic) bond motifs is 1. The first kappa shape index (κ1) is 13.4. The quantitative estimate of drug-likeness (QED) is 0.748. The number of carbonyl (C=O) groups is 2. The fourth-order valence-electron chi connectivity index (χ4n) is 2.47. The molecule has 108 valence electrons. The molecular weight excluding hydrogens is 270 g/mol. The Hall–Kier alpha value is -2.63. The lowest BCUT2D eigenvalue weighted by Gasteiger charge is -2.10. The van der Waals surface area contributed by atoms with Gasteiger partial charge in [-0.25, -0.2) is 0 Å². The molecular formula is C15H15N3O3. The summed E-state index contributed by atoms with van der Waals surface area (Å²) in [5.41, 5.74) is 1.32. The zero-order chi connectivity index (χ0) is 15.0. The highest BCUT2D eigenvalue weighted by Gasteiger charge is 2.26. The molecule has 0 bridgehead atoms. The highest BCUT2D eigenvalue weighted by molar-refractivity contribution is 6.00. The fraction of sp³-hybridized carbons (Fsp3) is 0.267. The number of carbonyl (C=O) groups excluding carboxylic acids is 2. The SMILES string of the molecule is Cc1ccc2[nH]cc(C(=O)NC3CCNC3=O)c(=O)c2c1. The Morgan fingerprint density at radius 1 is 1.33 bits per heavy atom. The van der Waals surface area contributed by atoms with Crippen molar-refractivity contribution in [3.05, 3.63) is 45.7 Å². The minimum absolute atomic E-state index is 0.0211. The first-order valence-electron chi connectivity index (χ1n) is 6.77. The van der Waals surface area contributed by atoms with Gasteiger partial charge in [0.05, 0.1) is 0 Å². The summed E-state index contributed by atoms with van der Waals surface area (Å²) in [7, 11) is 0. The highest BCUT2D eigenvalue weighted by atomic mass is 16.2. The number of benzene rings is 1. The number of hydrogen-bond donors (Lipinski definition) is 3. The van der Waals surface area contributed by atoms with Gasteiger partial charge in [0.2, 0.25) is 11.3 Å². The molecule has 6 nitrogen and oxygen atoms in total. The van der Waals surface area contributed by atoms with E-state index in [0.717, 1.165) is 5.56 Å². The molecule has 0 spiro atoms. The number of aromatic nitrogens is 1. The number of rotatable bonds is 2. The summed E-state index contributed by atoms with van der Waals surface area (Å²) in [4.78, 5) is 39.0. The molecule has 2 aromatic rings. The van der Waals surface area contributed by atoms with E-state index in [0.29, 0.717) is 23.9 Å². The van der Waals surface area contributed by atoms with Gasteiger partial charge in [-0.3, -0.25) is 14.4 Å². The smallest absolute Gasteiger partial charge is 0.257 e. The Bertz CT molecular complexity index is 794. The van der Waals surface area contributed by atoms with Gasteiger partial charge < -0.3 is 15.6 Å². The second-order valence-corrected chi connectivity index (χ2v) is 5.19. The lowest BCUT2D eigenvalue weighted by molar-refractivity contribution is -0.120. The van der Waals surface area contributed by atoms with E-state index in [4.69, 9.17) is 0 Å². The number of nitrogens with one attached hydrogen (secondary N) is 3. The van der Waals surface area contributed by atoms with Gasteiger partial charge in [-0.2, -0.15) is 0 Å². The second kappa shape index (κ2) is 5.05. The molecule has 1 fully saturated rings. The van der Waals surface area contributed by atoms with Gasteiger partial charge in [0.1, 0.15) is 11.6 Å². The van der Waals surface area contributed by atoms with E-state index in [9.17, 15) is 14.4 Å². The Labute approximate surface area is 120 Å². The molecule has 1 unspecified atom stereocenters. The molecule has 1 aromatic carbocycles. The molecule has 21 heavy (non-hydrogen) atoms. The van der Waals surface area contributed by atoms with Crippen LogP contribution in [0, 0.1) is 6.92 Å². The maximum Gasteiger partial charge on any atom is 0.257 e. The number of pyridine rings is 1. The number of aromatic amines is 1. The molecule has 1 aromatic heterocycles. The molecule has 0 radical (unpaired) electrons. The van der Waals surface area contributed by atoms with Gasteiger partial charge in [-0.1, -0.05) is 11.6 Å². The molecule has 1 atom stereocenters. The Balaban J connectivity index is 1.96.